The van der Waals surface area contributed by atoms with Gasteiger partial charge in [-0.2, -0.15) is 0 Å². The van der Waals surface area contributed by atoms with Crippen molar-refractivity contribution in [3.05, 3.63) is 82.4 Å². The first-order valence-electron chi connectivity index (χ1n) is 13.4. The monoisotopic (exact) mass is 550 g/mol. The Labute approximate surface area is 235 Å². The second kappa shape index (κ2) is 12.2. The summed E-state index contributed by atoms with van der Waals surface area (Å²) in [5, 5.41) is 3.51. The summed E-state index contributed by atoms with van der Waals surface area (Å²) in [4.78, 5) is 15.8. The molecular formula is C31H35ClN2O5. The van der Waals surface area contributed by atoms with Crippen LogP contribution < -0.4 is 24.3 Å². The minimum absolute atomic E-state index is 0.168. The summed E-state index contributed by atoms with van der Waals surface area (Å²) in [6.45, 7) is 3.65. The topological polar surface area (TPSA) is 69.3 Å². The highest BCUT2D eigenvalue weighted by Gasteiger charge is 2.46. The van der Waals surface area contributed by atoms with Crippen LogP contribution in [0.2, 0.25) is 5.02 Å². The van der Waals surface area contributed by atoms with Gasteiger partial charge in [0.05, 0.1) is 30.3 Å². The van der Waals surface area contributed by atoms with Gasteiger partial charge in [0.1, 0.15) is 24.7 Å². The molecule has 206 valence electrons. The van der Waals surface area contributed by atoms with E-state index in [1.807, 2.05) is 48.5 Å². The molecule has 8 heteroatoms. The van der Waals surface area contributed by atoms with E-state index in [1.54, 1.807) is 26.4 Å². The largest absolute Gasteiger partial charge is 0.497 e. The molecule has 1 heterocycles. The molecule has 2 aliphatic rings. The summed E-state index contributed by atoms with van der Waals surface area (Å²) in [7, 11) is 3.26. The van der Waals surface area contributed by atoms with E-state index in [0.29, 0.717) is 23.7 Å². The smallest absolute Gasteiger partial charge is 0.253 e. The predicted octanol–water partition coefficient (Wildman–Crippen LogP) is 5.87. The van der Waals surface area contributed by atoms with Crippen LogP contribution in [0.1, 0.15) is 47.2 Å². The number of benzene rings is 3. The Hall–Kier alpha value is -3.42. The molecule has 1 aliphatic heterocycles. The van der Waals surface area contributed by atoms with Crippen LogP contribution in [0.4, 0.5) is 0 Å². The van der Waals surface area contributed by atoms with Crippen molar-refractivity contribution in [3.8, 4) is 23.0 Å². The zero-order valence-electron chi connectivity index (χ0n) is 22.5. The van der Waals surface area contributed by atoms with Gasteiger partial charge < -0.3 is 29.2 Å². The van der Waals surface area contributed by atoms with E-state index < -0.39 is 0 Å². The normalized spacial score (nSPS) is 16.0. The number of likely N-dealkylation sites (tertiary alicyclic amines) is 1. The molecule has 0 bridgehead atoms. The van der Waals surface area contributed by atoms with Crippen LogP contribution in [0, 0.1) is 0 Å². The summed E-state index contributed by atoms with van der Waals surface area (Å²) < 4.78 is 22.8. The molecule has 0 radical (unpaired) electrons. The molecule has 0 aromatic heterocycles. The number of nitrogens with zero attached hydrogens (tertiary/aromatic N) is 1. The number of ether oxygens (including phenoxy) is 4. The molecule has 5 rings (SSSR count). The zero-order valence-corrected chi connectivity index (χ0v) is 23.3. The van der Waals surface area contributed by atoms with Crippen molar-refractivity contribution in [1.29, 1.82) is 0 Å². The van der Waals surface area contributed by atoms with Gasteiger partial charge in [-0.15, -0.1) is 0 Å². The van der Waals surface area contributed by atoms with Crippen molar-refractivity contribution < 1.29 is 23.7 Å². The number of hydrogen-bond donors (Lipinski definition) is 1. The molecule has 1 saturated carbocycles. The third kappa shape index (κ3) is 6.78. The van der Waals surface area contributed by atoms with Crippen molar-refractivity contribution in [3.63, 3.8) is 0 Å². The molecule has 7 nitrogen and oxygen atoms in total. The van der Waals surface area contributed by atoms with Crippen LogP contribution in [0.3, 0.4) is 0 Å². The molecule has 39 heavy (non-hydrogen) atoms. The van der Waals surface area contributed by atoms with E-state index >= 15 is 0 Å². The first-order chi connectivity index (χ1) is 19.0. The average Bonchev–Trinajstić information content (AvgIpc) is 3.51. The number of carbonyl (C=O) groups is 1. The highest BCUT2D eigenvalue weighted by Crippen LogP contribution is 2.41. The number of amides is 1. The van der Waals surface area contributed by atoms with E-state index in [2.05, 4.69) is 10.2 Å². The van der Waals surface area contributed by atoms with Crippen LogP contribution >= 0.6 is 11.6 Å². The van der Waals surface area contributed by atoms with Crippen LogP contribution in [-0.2, 0) is 13.2 Å². The Morgan fingerprint density at radius 3 is 1.95 bits per heavy atom. The second-order valence-electron chi connectivity index (χ2n) is 10.2. The highest BCUT2D eigenvalue weighted by molar-refractivity contribution is 6.35. The molecule has 1 amide bonds. The SMILES string of the molecule is COc1ccc(COc2ccc(C(=O)NC3(CN4CCCC4)CC3)c(Cl)c2OCc2ccc(OC)cc2)cc1. The summed E-state index contributed by atoms with van der Waals surface area (Å²) in [5.74, 6) is 2.17. The molecule has 0 unspecified atom stereocenters. The third-order valence-corrected chi connectivity index (χ3v) is 7.73. The Balaban J connectivity index is 1.34. The lowest BCUT2D eigenvalue weighted by Crippen LogP contribution is -2.45. The zero-order chi connectivity index (χ0) is 27.2. The third-order valence-electron chi connectivity index (χ3n) is 7.36. The van der Waals surface area contributed by atoms with Gasteiger partial charge >= 0.3 is 0 Å². The number of hydrogen-bond acceptors (Lipinski definition) is 6. The van der Waals surface area contributed by atoms with E-state index in [-0.39, 0.29) is 23.1 Å². The van der Waals surface area contributed by atoms with Crippen molar-refractivity contribution in [2.24, 2.45) is 0 Å². The minimum Gasteiger partial charge on any atom is -0.497 e. The van der Waals surface area contributed by atoms with Gasteiger partial charge in [0.15, 0.2) is 11.5 Å². The van der Waals surface area contributed by atoms with Crippen LogP contribution in [-0.4, -0.2) is 50.2 Å². The summed E-state index contributed by atoms with van der Waals surface area (Å²) in [6.07, 6.45) is 4.42. The molecule has 1 saturated heterocycles. The second-order valence-corrected chi connectivity index (χ2v) is 10.6. The molecule has 2 fully saturated rings. The molecule has 1 N–H and O–H groups in total. The molecule has 1 aliphatic carbocycles. The number of carbonyl (C=O) groups excluding carboxylic acids is 1. The lowest BCUT2D eigenvalue weighted by molar-refractivity contribution is 0.0920. The van der Waals surface area contributed by atoms with Gasteiger partial charge in [0.25, 0.3) is 5.91 Å². The van der Waals surface area contributed by atoms with Gasteiger partial charge in [-0.25, -0.2) is 0 Å². The first-order valence-corrected chi connectivity index (χ1v) is 13.8. The maximum Gasteiger partial charge on any atom is 0.253 e. The molecular weight excluding hydrogens is 516 g/mol. The predicted molar refractivity (Wildman–Crippen MR) is 151 cm³/mol. The summed E-state index contributed by atoms with van der Waals surface area (Å²) in [6, 6.07) is 18.7. The van der Waals surface area contributed by atoms with Crippen molar-refractivity contribution >= 4 is 17.5 Å². The van der Waals surface area contributed by atoms with Crippen molar-refractivity contribution in [1.82, 2.24) is 10.2 Å². The number of methoxy groups -OCH3 is 2. The van der Waals surface area contributed by atoms with Crippen molar-refractivity contribution in [2.45, 2.75) is 44.4 Å². The quantitative estimate of drug-likeness (QED) is 0.304. The van der Waals surface area contributed by atoms with Crippen molar-refractivity contribution in [2.75, 3.05) is 33.9 Å². The fourth-order valence-corrected chi connectivity index (χ4v) is 5.17. The Bertz CT molecular complexity index is 1270. The average molecular weight is 551 g/mol. The van der Waals surface area contributed by atoms with Crippen LogP contribution in [0.5, 0.6) is 23.0 Å². The molecule has 3 aromatic rings. The number of nitrogens with one attached hydrogen (secondary N) is 1. The van der Waals surface area contributed by atoms with E-state index in [1.165, 1.54) is 12.8 Å². The van der Waals surface area contributed by atoms with Crippen LogP contribution in [0.25, 0.3) is 0 Å². The Kier molecular flexibility index (Phi) is 8.48. The summed E-state index contributed by atoms with van der Waals surface area (Å²) >= 11 is 6.85. The lowest BCUT2D eigenvalue weighted by Gasteiger charge is -2.24. The lowest BCUT2D eigenvalue weighted by atomic mass is 10.1. The van der Waals surface area contributed by atoms with Gasteiger partial charge in [-0.3, -0.25) is 4.79 Å². The maximum atomic E-state index is 13.4. The van der Waals surface area contributed by atoms with Gasteiger partial charge in [0.2, 0.25) is 0 Å². The van der Waals surface area contributed by atoms with E-state index in [9.17, 15) is 4.79 Å². The number of rotatable bonds is 12. The standard InChI is InChI=1S/C31H35ClN2O5/c1-36-24-9-5-22(6-10-24)19-38-27-14-13-26(30(35)33-31(15-16-31)21-34-17-3-4-18-34)28(32)29(27)39-20-23-7-11-25(37-2)12-8-23/h5-14H,3-4,15-21H2,1-2H3,(H,33,35). The van der Waals surface area contributed by atoms with Crippen LogP contribution in [0.15, 0.2) is 60.7 Å². The summed E-state index contributed by atoms with van der Waals surface area (Å²) in [5.41, 5.74) is 2.11. The molecule has 0 atom stereocenters. The highest BCUT2D eigenvalue weighted by atomic mass is 35.5. The van der Waals surface area contributed by atoms with E-state index in [4.69, 9.17) is 30.5 Å². The first kappa shape index (κ1) is 27.2. The maximum absolute atomic E-state index is 13.4. The van der Waals surface area contributed by atoms with Gasteiger partial charge in [-0.05, 0) is 86.3 Å². The molecule has 3 aromatic carbocycles. The fraction of sp³-hybridized carbons (Fsp3) is 0.387. The fourth-order valence-electron chi connectivity index (χ4n) is 4.87. The van der Waals surface area contributed by atoms with Gasteiger partial charge in [-0.1, -0.05) is 35.9 Å². The van der Waals surface area contributed by atoms with E-state index in [0.717, 1.165) is 55.1 Å². The molecule has 0 spiro atoms. The van der Waals surface area contributed by atoms with Gasteiger partial charge in [0, 0.05) is 6.54 Å². The number of halogens is 1. The minimum atomic E-state index is -0.187. The Morgan fingerprint density at radius 2 is 1.41 bits per heavy atom. The Morgan fingerprint density at radius 1 is 0.846 bits per heavy atom.